The first kappa shape index (κ1) is 20.4. The van der Waals surface area contributed by atoms with Crippen molar-refractivity contribution in [3.05, 3.63) is 30.5 Å². The van der Waals surface area contributed by atoms with Crippen LogP contribution in [0.2, 0.25) is 0 Å². The molecule has 0 aliphatic carbocycles. The van der Waals surface area contributed by atoms with Gasteiger partial charge in [-0.05, 0) is 53.3 Å². The van der Waals surface area contributed by atoms with E-state index in [0.717, 1.165) is 61.7 Å². The summed E-state index contributed by atoms with van der Waals surface area (Å²) in [6.45, 7) is 3.12. The van der Waals surface area contributed by atoms with Crippen molar-refractivity contribution < 1.29 is 4.79 Å². The number of rotatable bonds is 12. The van der Waals surface area contributed by atoms with Crippen molar-refractivity contribution in [2.45, 2.75) is 63.6 Å². The Balaban J connectivity index is 1.46. The lowest BCUT2D eigenvalue weighted by Crippen LogP contribution is -2.11. The van der Waals surface area contributed by atoms with Gasteiger partial charge in [-0.2, -0.15) is 0 Å². The number of nitrogens with one attached hydrogen (secondary N) is 2. The highest BCUT2D eigenvalue weighted by molar-refractivity contribution is 7.99. The molecule has 8 heteroatoms. The maximum atomic E-state index is 12.1. The van der Waals surface area contributed by atoms with Crippen LogP contribution in [0.4, 0.5) is 5.69 Å². The largest absolute Gasteiger partial charge is 0.347 e. The van der Waals surface area contributed by atoms with Gasteiger partial charge in [-0.3, -0.25) is 4.79 Å². The van der Waals surface area contributed by atoms with Crippen molar-refractivity contribution in [1.29, 1.82) is 0 Å². The number of hydrogen-bond donors (Lipinski definition) is 2. The van der Waals surface area contributed by atoms with Gasteiger partial charge < -0.3 is 9.88 Å². The first-order valence-corrected chi connectivity index (χ1v) is 11.0. The highest BCUT2D eigenvalue weighted by Gasteiger charge is 2.06. The van der Waals surface area contributed by atoms with Gasteiger partial charge in [-0.15, -0.1) is 5.10 Å². The summed E-state index contributed by atoms with van der Waals surface area (Å²) in [6, 6.07) is 8.28. The zero-order valence-electron chi connectivity index (χ0n) is 16.4. The number of unbranched alkanes of at least 4 members (excludes halogenated alkanes) is 4. The van der Waals surface area contributed by atoms with E-state index in [4.69, 9.17) is 0 Å². The minimum Gasteiger partial charge on any atom is -0.347 e. The Labute approximate surface area is 169 Å². The number of thioether (sulfide) groups is 1. The highest BCUT2D eigenvalue weighted by Crippen LogP contribution is 2.22. The fraction of sp³-hybridized carbons (Fsp3) is 0.500. The van der Waals surface area contributed by atoms with Crippen molar-refractivity contribution >= 4 is 34.3 Å². The van der Waals surface area contributed by atoms with Crippen molar-refractivity contribution in [3.8, 4) is 0 Å². The maximum absolute atomic E-state index is 12.1. The number of carbonyl (C=O) groups is 1. The number of aromatic amines is 1. The summed E-state index contributed by atoms with van der Waals surface area (Å²) >= 11 is 1.65. The first-order chi connectivity index (χ1) is 13.8. The second-order valence-corrected chi connectivity index (χ2v) is 7.99. The van der Waals surface area contributed by atoms with Crippen LogP contribution in [0.15, 0.2) is 35.6 Å². The van der Waals surface area contributed by atoms with Crippen LogP contribution in [0, 0.1) is 0 Å². The molecular weight excluding hydrogens is 372 g/mol. The van der Waals surface area contributed by atoms with E-state index in [1.165, 1.54) is 10.9 Å². The molecule has 0 aliphatic rings. The van der Waals surface area contributed by atoms with Gasteiger partial charge in [0.15, 0.2) is 0 Å². The Morgan fingerprint density at radius 3 is 2.93 bits per heavy atom. The minimum atomic E-state index is 0.102. The third-order valence-electron chi connectivity index (χ3n) is 4.67. The molecule has 0 bridgehead atoms. The summed E-state index contributed by atoms with van der Waals surface area (Å²) in [7, 11) is 0. The zero-order valence-corrected chi connectivity index (χ0v) is 17.2. The van der Waals surface area contributed by atoms with Crippen LogP contribution in [-0.2, 0) is 11.3 Å². The number of anilines is 1. The quantitative estimate of drug-likeness (QED) is 0.342. The smallest absolute Gasteiger partial charge is 0.224 e. The first-order valence-electron chi connectivity index (χ1n) is 10.0. The fourth-order valence-corrected chi connectivity index (χ4v) is 3.90. The van der Waals surface area contributed by atoms with Crippen LogP contribution in [0.5, 0.6) is 0 Å². The van der Waals surface area contributed by atoms with Gasteiger partial charge in [0.2, 0.25) is 11.1 Å². The molecule has 0 aliphatic heterocycles. The molecule has 2 heterocycles. The standard InChI is InChI=1S/C20H28N6OS/c1-2-3-5-8-19(27)21-17-10-9-16-11-13-26(18(16)15-17)12-6-4-7-14-28-20-22-24-25-23-20/h9-11,13,15H,2-8,12,14H2,1H3,(H,21,27)(H,22,23,24,25). The number of H-pyrrole nitrogens is 1. The molecule has 1 amide bonds. The molecule has 0 radical (unpaired) electrons. The van der Waals surface area contributed by atoms with Crippen molar-refractivity contribution in [1.82, 2.24) is 25.2 Å². The Kier molecular flexibility index (Phi) is 7.90. The van der Waals surface area contributed by atoms with E-state index in [-0.39, 0.29) is 5.91 Å². The molecule has 0 saturated heterocycles. The van der Waals surface area contributed by atoms with E-state index in [1.54, 1.807) is 11.8 Å². The number of aromatic nitrogens is 5. The second-order valence-electron chi connectivity index (χ2n) is 6.90. The zero-order chi connectivity index (χ0) is 19.6. The molecule has 0 unspecified atom stereocenters. The molecule has 28 heavy (non-hydrogen) atoms. The molecule has 0 spiro atoms. The van der Waals surface area contributed by atoms with Crippen molar-refractivity contribution in [2.75, 3.05) is 11.1 Å². The average Bonchev–Trinajstić information content (AvgIpc) is 3.34. The van der Waals surface area contributed by atoms with Gasteiger partial charge in [0, 0.05) is 30.6 Å². The third kappa shape index (κ3) is 6.09. The number of amides is 1. The van der Waals surface area contributed by atoms with Crippen molar-refractivity contribution in [3.63, 3.8) is 0 Å². The average molecular weight is 401 g/mol. The molecule has 3 rings (SSSR count). The van der Waals surface area contributed by atoms with Crippen LogP contribution in [0.3, 0.4) is 0 Å². The van der Waals surface area contributed by atoms with Crippen LogP contribution < -0.4 is 5.32 Å². The number of benzene rings is 1. The molecule has 0 saturated carbocycles. The lowest BCUT2D eigenvalue weighted by Gasteiger charge is -2.08. The Morgan fingerprint density at radius 2 is 2.11 bits per heavy atom. The summed E-state index contributed by atoms with van der Waals surface area (Å²) in [5.74, 6) is 1.11. The number of fused-ring (bicyclic) bond motifs is 1. The van der Waals surface area contributed by atoms with E-state index in [0.29, 0.717) is 6.42 Å². The van der Waals surface area contributed by atoms with Crippen LogP contribution in [0.25, 0.3) is 10.9 Å². The van der Waals surface area contributed by atoms with Gasteiger partial charge in [-0.25, -0.2) is 5.10 Å². The molecule has 7 nitrogen and oxygen atoms in total. The summed E-state index contributed by atoms with van der Waals surface area (Å²) in [5.41, 5.74) is 2.06. The molecule has 0 atom stereocenters. The number of nitrogens with zero attached hydrogens (tertiary/aromatic N) is 4. The van der Waals surface area contributed by atoms with E-state index >= 15 is 0 Å². The topological polar surface area (TPSA) is 88.5 Å². The molecule has 1 aromatic carbocycles. The Morgan fingerprint density at radius 1 is 1.18 bits per heavy atom. The van der Waals surface area contributed by atoms with Gasteiger partial charge in [0.05, 0.1) is 5.52 Å². The Hall–Kier alpha value is -2.35. The van der Waals surface area contributed by atoms with Gasteiger partial charge in [0.25, 0.3) is 0 Å². The van der Waals surface area contributed by atoms with Gasteiger partial charge >= 0.3 is 0 Å². The molecule has 3 aromatic rings. The Bertz CT molecular complexity index is 861. The number of hydrogen-bond acceptors (Lipinski definition) is 5. The highest BCUT2D eigenvalue weighted by atomic mass is 32.2. The molecular formula is C20H28N6OS. The molecule has 150 valence electrons. The third-order valence-corrected chi connectivity index (χ3v) is 5.61. The number of tetrazole rings is 1. The van der Waals surface area contributed by atoms with E-state index in [9.17, 15) is 4.79 Å². The van der Waals surface area contributed by atoms with Crippen LogP contribution in [0.1, 0.15) is 51.9 Å². The predicted octanol–water partition coefficient (Wildman–Crippen LogP) is 4.64. The molecule has 2 aromatic heterocycles. The van der Waals surface area contributed by atoms with Crippen LogP contribution in [-0.4, -0.2) is 36.9 Å². The summed E-state index contributed by atoms with van der Waals surface area (Å²) in [4.78, 5) is 12.1. The SMILES string of the molecule is CCCCCC(=O)Nc1ccc2ccn(CCCCCSc3nnn[nH]3)c2c1. The van der Waals surface area contributed by atoms with E-state index in [2.05, 4.69) is 61.8 Å². The fourth-order valence-electron chi connectivity index (χ4n) is 3.16. The molecule has 2 N–H and O–H groups in total. The lowest BCUT2D eigenvalue weighted by atomic mass is 10.2. The second kappa shape index (κ2) is 10.8. The molecule has 0 fully saturated rings. The van der Waals surface area contributed by atoms with E-state index < -0.39 is 0 Å². The maximum Gasteiger partial charge on any atom is 0.224 e. The van der Waals surface area contributed by atoms with E-state index in [1.807, 2.05) is 6.07 Å². The normalized spacial score (nSPS) is 11.2. The van der Waals surface area contributed by atoms with Crippen molar-refractivity contribution in [2.24, 2.45) is 0 Å². The summed E-state index contributed by atoms with van der Waals surface area (Å²) in [6.07, 6.45) is 9.30. The minimum absolute atomic E-state index is 0.102. The summed E-state index contributed by atoms with van der Waals surface area (Å²) < 4.78 is 2.27. The monoisotopic (exact) mass is 400 g/mol. The number of aryl methyl sites for hydroxylation is 1. The van der Waals surface area contributed by atoms with Gasteiger partial charge in [0.1, 0.15) is 0 Å². The number of carbonyl (C=O) groups excluding carboxylic acids is 1. The predicted molar refractivity (Wildman–Crippen MR) is 113 cm³/mol. The lowest BCUT2D eigenvalue weighted by molar-refractivity contribution is -0.116. The van der Waals surface area contributed by atoms with Gasteiger partial charge in [-0.1, -0.05) is 44.0 Å². The van der Waals surface area contributed by atoms with Crippen LogP contribution >= 0.6 is 11.8 Å². The summed E-state index contributed by atoms with van der Waals surface area (Å²) in [5, 5.41) is 18.8.